The predicted molar refractivity (Wildman–Crippen MR) is 48.7 cm³/mol. The lowest BCUT2D eigenvalue weighted by Crippen LogP contribution is -2.35. The second-order valence-corrected chi connectivity index (χ2v) is 4.30. The van der Waals surface area contributed by atoms with Crippen molar-refractivity contribution in [2.75, 3.05) is 13.2 Å². The molecule has 0 aromatic rings. The van der Waals surface area contributed by atoms with Gasteiger partial charge in [-0.3, -0.25) is 4.55 Å². The van der Waals surface area contributed by atoms with Gasteiger partial charge >= 0.3 is 27.3 Å². The molecule has 0 aromatic heterocycles. The van der Waals surface area contributed by atoms with Crippen LogP contribution >= 0.6 is 0 Å². The quantitative estimate of drug-likeness (QED) is 0.418. The number of rotatable bonds is 6. The first-order valence-corrected chi connectivity index (χ1v) is 5.43. The van der Waals surface area contributed by atoms with Crippen LogP contribution in [0.3, 0.4) is 0 Å². The predicted octanol–water partition coefficient (Wildman–Crippen LogP) is 0.0366. The summed E-state index contributed by atoms with van der Waals surface area (Å²) in [5.74, 6) is -4.69. The highest BCUT2D eigenvalue weighted by Gasteiger charge is 2.45. The van der Waals surface area contributed by atoms with Crippen molar-refractivity contribution in [3.63, 3.8) is 0 Å². The van der Waals surface area contributed by atoms with E-state index in [1.54, 1.807) is 0 Å². The zero-order valence-corrected chi connectivity index (χ0v) is 9.38. The van der Waals surface area contributed by atoms with Crippen molar-refractivity contribution in [3.05, 3.63) is 12.4 Å². The number of esters is 2. The first kappa shape index (κ1) is 16.4. The molecule has 0 aliphatic carbocycles. The molecule has 0 atom stereocenters. The summed E-state index contributed by atoms with van der Waals surface area (Å²) in [5.41, 5.74) is 0. The normalized spacial score (nSPS) is 11.8. The Morgan fingerprint density at radius 1 is 1.28 bits per heavy atom. The summed E-state index contributed by atoms with van der Waals surface area (Å²) < 4.78 is 72.9. The van der Waals surface area contributed by atoms with E-state index in [9.17, 15) is 31.2 Å². The van der Waals surface area contributed by atoms with Crippen LogP contribution in [0, 0.1) is 0 Å². The van der Waals surface area contributed by atoms with Gasteiger partial charge in [-0.1, -0.05) is 6.58 Å². The van der Waals surface area contributed by atoms with Crippen LogP contribution in [0.4, 0.5) is 13.2 Å². The molecule has 0 bridgehead atoms. The summed E-state index contributed by atoms with van der Waals surface area (Å²) in [7, 11) is -5.74. The van der Waals surface area contributed by atoms with E-state index in [0.717, 1.165) is 0 Å². The molecule has 7 nitrogen and oxygen atoms in total. The monoisotopic (exact) mass is 292 g/mol. The molecule has 0 rings (SSSR count). The van der Waals surface area contributed by atoms with Crippen molar-refractivity contribution in [3.8, 4) is 0 Å². The molecule has 11 heteroatoms. The Morgan fingerprint density at radius 2 is 1.78 bits per heavy atom. The second kappa shape index (κ2) is 5.82. The molecule has 0 amide bonds. The molecule has 0 saturated carbocycles. The van der Waals surface area contributed by atoms with Crippen LogP contribution in [0.2, 0.25) is 0 Å². The van der Waals surface area contributed by atoms with Gasteiger partial charge in [-0.2, -0.15) is 21.6 Å². The first-order chi connectivity index (χ1) is 7.97. The van der Waals surface area contributed by atoms with Crippen LogP contribution in [0.15, 0.2) is 12.4 Å². The number of hydrogen-bond donors (Lipinski definition) is 1. The van der Waals surface area contributed by atoms with Gasteiger partial charge in [0, 0.05) is 0 Å². The Bertz CT molecular complexity index is 456. The largest absolute Gasteiger partial charge is 0.455 e. The standard InChI is InChI=1S/C7H7F3O7S/c1-4(8)6(12)16-2-5(11)17-3-7(9,10)18(13,14)15/h1-3H2,(H,13,14,15). The molecule has 0 radical (unpaired) electrons. The van der Waals surface area contributed by atoms with Crippen LogP contribution in [-0.2, 0) is 29.2 Å². The molecule has 0 heterocycles. The summed E-state index contributed by atoms with van der Waals surface area (Å²) in [4.78, 5) is 21.1. The lowest BCUT2D eigenvalue weighted by Gasteiger charge is -2.12. The van der Waals surface area contributed by atoms with Crippen molar-refractivity contribution in [2.24, 2.45) is 0 Å². The number of hydrogen-bond acceptors (Lipinski definition) is 6. The van der Waals surface area contributed by atoms with Gasteiger partial charge in [-0.05, 0) is 0 Å². The highest BCUT2D eigenvalue weighted by molar-refractivity contribution is 7.86. The highest BCUT2D eigenvalue weighted by Crippen LogP contribution is 2.20. The Morgan fingerprint density at radius 3 is 2.17 bits per heavy atom. The second-order valence-electron chi connectivity index (χ2n) is 2.75. The molecule has 0 fully saturated rings. The smallest absolute Gasteiger partial charge is 0.402 e. The molecule has 0 unspecified atom stereocenters. The molecular weight excluding hydrogens is 285 g/mol. The fraction of sp³-hybridized carbons (Fsp3) is 0.429. The minimum atomic E-state index is -5.74. The van der Waals surface area contributed by atoms with Gasteiger partial charge in [0.15, 0.2) is 13.2 Å². The number of halogens is 3. The van der Waals surface area contributed by atoms with E-state index in [0.29, 0.717) is 0 Å². The van der Waals surface area contributed by atoms with Gasteiger partial charge < -0.3 is 9.47 Å². The number of carbonyl (C=O) groups excluding carboxylic acids is 2. The average Bonchev–Trinajstić information content (AvgIpc) is 2.21. The van der Waals surface area contributed by atoms with E-state index in [2.05, 4.69) is 16.1 Å². The third kappa shape index (κ3) is 5.14. The summed E-state index contributed by atoms with van der Waals surface area (Å²) >= 11 is 0. The molecule has 0 saturated heterocycles. The lowest BCUT2D eigenvalue weighted by molar-refractivity contribution is -0.161. The molecule has 18 heavy (non-hydrogen) atoms. The first-order valence-electron chi connectivity index (χ1n) is 3.99. The van der Waals surface area contributed by atoms with E-state index in [1.165, 1.54) is 0 Å². The number of ether oxygens (including phenoxy) is 2. The molecule has 0 spiro atoms. The SMILES string of the molecule is C=C(F)C(=O)OCC(=O)OCC(F)(F)S(=O)(=O)O. The van der Waals surface area contributed by atoms with Gasteiger partial charge in [-0.15, -0.1) is 0 Å². The van der Waals surface area contributed by atoms with E-state index in [-0.39, 0.29) is 0 Å². The maximum atomic E-state index is 12.5. The lowest BCUT2D eigenvalue weighted by atomic mass is 10.6. The minimum absolute atomic E-state index is 1.22. The molecule has 0 aliphatic heterocycles. The van der Waals surface area contributed by atoms with E-state index in [4.69, 9.17) is 4.55 Å². The van der Waals surface area contributed by atoms with E-state index < -0.39 is 46.4 Å². The molecule has 0 aliphatic rings. The topological polar surface area (TPSA) is 107 Å². The summed E-state index contributed by atoms with van der Waals surface area (Å²) in [6.07, 6.45) is 0. The zero-order chi connectivity index (χ0) is 14.6. The Labute approximate surface area is 98.9 Å². The Hall–Kier alpha value is -1.62. The third-order valence-corrected chi connectivity index (χ3v) is 2.19. The van der Waals surface area contributed by atoms with Crippen LogP contribution in [0.5, 0.6) is 0 Å². The Kier molecular flexibility index (Phi) is 5.29. The van der Waals surface area contributed by atoms with Crippen LogP contribution in [0.1, 0.15) is 0 Å². The molecule has 1 N–H and O–H groups in total. The fourth-order valence-electron chi connectivity index (χ4n) is 0.483. The van der Waals surface area contributed by atoms with E-state index >= 15 is 0 Å². The summed E-state index contributed by atoms with van der Waals surface area (Å²) in [6, 6.07) is 0. The zero-order valence-electron chi connectivity index (χ0n) is 8.56. The summed E-state index contributed by atoms with van der Waals surface area (Å²) in [5, 5.41) is -4.70. The molecular formula is C7H7F3O7S. The number of alkyl halides is 2. The van der Waals surface area contributed by atoms with Crippen molar-refractivity contribution < 1.29 is 45.2 Å². The van der Waals surface area contributed by atoms with Crippen molar-refractivity contribution >= 4 is 22.1 Å². The van der Waals surface area contributed by atoms with Gasteiger partial charge in [0.05, 0.1) is 0 Å². The van der Waals surface area contributed by atoms with Crippen LogP contribution in [0.25, 0.3) is 0 Å². The number of carbonyl (C=O) groups is 2. The van der Waals surface area contributed by atoms with Crippen molar-refractivity contribution in [1.29, 1.82) is 0 Å². The maximum absolute atomic E-state index is 12.5. The third-order valence-electron chi connectivity index (χ3n) is 1.32. The minimum Gasteiger partial charge on any atom is -0.455 e. The van der Waals surface area contributed by atoms with Crippen LogP contribution in [-0.4, -0.2) is 43.4 Å². The fourth-order valence-corrected chi connectivity index (χ4v) is 0.691. The summed E-state index contributed by atoms with van der Waals surface area (Å²) in [6.45, 7) is -0.668. The highest BCUT2D eigenvalue weighted by atomic mass is 32.2. The average molecular weight is 292 g/mol. The van der Waals surface area contributed by atoms with Crippen molar-refractivity contribution in [2.45, 2.75) is 5.25 Å². The van der Waals surface area contributed by atoms with Crippen LogP contribution < -0.4 is 0 Å². The van der Waals surface area contributed by atoms with Crippen molar-refractivity contribution in [1.82, 2.24) is 0 Å². The van der Waals surface area contributed by atoms with Gasteiger partial charge in [0.1, 0.15) is 0 Å². The van der Waals surface area contributed by atoms with Gasteiger partial charge in [-0.25, -0.2) is 9.59 Å². The maximum Gasteiger partial charge on any atom is 0.402 e. The van der Waals surface area contributed by atoms with Gasteiger partial charge in [0.25, 0.3) is 0 Å². The van der Waals surface area contributed by atoms with Gasteiger partial charge in [0.2, 0.25) is 5.83 Å². The Balaban J connectivity index is 4.21. The molecule has 104 valence electrons. The molecule has 0 aromatic carbocycles. The van der Waals surface area contributed by atoms with E-state index in [1.807, 2.05) is 0 Å².